The largest absolute Gasteiger partial charge is 0.531 e. The topological polar surface area (TPSA) is 57.1 Å². The van der Waals surface area contributed by atoms with Gasteiger partial charge in [0.25, 0.3) is 5.91 Å². The van der Waals surface area contributed by atoms with Gasteiger partial charge in [0, 0.05) is 0 Å². The average molecular weight is 533 g/mol. The molecule has 5 nitrogen and oxygen atoms in total. The highest BCUT2D eigenvalue weighted by atomic mass is 35.5. The third-order valence-electron chi connectivity index (χ3n) is 4.37. The molecule has 0 unspecified atom stereocenters. The lowest BCUT2D eigenvalue weighted by Crippen LogP contribution is -2.11. The van der Waals surface area contributed by atoms with E-state index < -0.39 is 13.6 Å². The van der Waals surface area contributed by atoms with Gasteiger partial charge in [-0.2, -0.15) is 0 Å². The van der Waals surface area contributed by atoms with E-state index in [-0.39, 0.29) is 20.6 Å². The number of amides is 1. The van der Waals surface area contributed by atoms with Gasteiger partial charge in [0.2, 0.25) is 0 Å². The zero-order chi connectivity index (χ0) is 24.0. The summed E-state index contributed by atoms with van der Waals surface area (Å²) in [5, 5.41) is 0.233. The summed E-state index contributed by atoms with van der Waals surface area (Å²) in [5.41, 5.74) is 0.0328. The van der Waals surface area contributed by atoms with E-state index in [0.717, 1.165) is 0 Å². The van der Waals surface area contributed by atoms with Crippen LogP contribution in [0.2, 0.25) is 15.1 Å². The fourth-order valence-electron chi connectivity index (χ4n) is 2.82. The minimum atomic E-state index is -3.79. The summed E-state index contributed by atoms with van der Waals surface area (Å²) in [5.74, 6) is 0.470. The summed E-state index contributed by atoms with van der Waals surface area (Å²) in [6.45, 7) is 0. The van der Waals surface area contributed by atoms with Gasteiger partial charge >= 0.3 is 7.74 Å². The summed E-state index contributed by atoms with van der Waals surface area (Å²) in [6.07, 6.45) is 0. The Morgan fingerprint density at radius 2 is 1.00 bits per heavy atom. The van der Waals surface area contributed by atoms with Gasteiger partial charge in [-0.3, -0.25) is 4.79 Å². The monoisotopic (exact) mass is 531 g/mol. The first kappa shape index (κ1) is 24.2. The van der Waals surface area contributed by atoms with Gasteiger partial charge < -0.3 is 13.6 Å². The summed E-state index contributed by atoms with van der Waals surface area (Å²) in [7, 11) is -3.79. The molecule has 0 saturated carbocycles. The quantitative estimate of drug-likeness (QED) is 0.176. The molecule has 172 valence electrons. The number of para-hydroxylation sites is 3. The van der Waals surface area contributed by atoms with Crippen molar-refractivity contribution in [3.05, 3.63) is 124 Å². The Bertz CT molecular complexity index is 1230. The number of carbonyl (C=O) groups is 1. The second-order valence-electron chi connectivity index (χ2n) is 6.81. The highest BCUT2D eigenvalue weighted by Gasteiger charge is 2.33. The van der Waals surface area contributed by atoms with Gasteiger partial charge in [0.15, 0.2) is 0 Å². The smallest absolute Gasteiger partial charge is 0.401 e. The highest BCUT2D eigenvalue weighted by molar-refractivity contribution is 7.53. The molecule has 0 bridgehead atoms. The molecule has 4 aromatic rings. The highest BCUT2D eigenvalue weighted by Crippen LogP contribution is 2.53. The van der Waals surface area contributed by atoms with Crippen molar-refractivity contribution in [1.29, 1.82) is 0 Å². The first-order chi connectivity index (χ1) is 16.5. The number of carbonyl (C=O) groups excluding carboxylic acids is 1. The van der Waals surface area contributed by atoms with Crippen molar-refractivity contribution in [1.82, 2.24) is 0 Å². The fourth-order valence-corrected chi connectivity index (χ4v) is 5.16. The fraction of sp³-hybridized carbons (Fsp3) is 0. The van der Waals surface area contributed by atoms with Crippen LogP contribution < -0.4 is 13.6 Å². The van der Waals surface area contributed by atoms with E-state index in [4.69, 9.17) is 48.4 Å². The van der Waals surface area contributed by atoms with Crippen LogP contribution in [0.15, 0.2) is 108 Å². The molecule has 4 aromatic carbocycles. The first-order valence-corrected chi connectivity index (χ1v) is 12.6. The van der Waals surface area contributed by atoms with Crippen LogP contribution >= 0.6 is 42.5 Å². The molecular formula is C25H17Cl3NO4P. The lowest BCUT2D eigenvalue weighted by atomic mass is 10.2. The Morgan fingerprint density at radius 3 is 1.41 bits per heavy atom. The Morgan fingerprint density at radius 1 is 0.588 bits per heavy atom. The van der Waals surface area contributed by atoms with E-state index in [1.165, 1.54) is 12.1 Å². The van der Waals surface area contributed by atoms with E-state index in [9.17, 15) is 4.79 Å². The molecule has 0 fully saturated rings. The number of benzene rings is 4. The predicted octanol–water partition coefficient (Wildman–Crippen LogP) is 8.97. The summed E-state index contributed by atoms with van der Waals surface area (Å²) < 4.78 is 22.8. The molecule has 34 heavy (non-hydrogen) atoms. The van der Waals surface area contributed by atoms with E-state index in [2.05, 4.69) is 4.74 Å². The third kappa shape index (κ3) is 5.94. The molecule has 0 aliphatic carbocycles. The SMILES string of the molecule is O=C(N=P(Oc1ccccc1)(Oc1ccccc1)Oc1ccccc1)c1ccc(Cl)c(Cl)c1Cl. The second-order valence-corrected chi connectivity index (χ2v) is 9.66. The molecule has 0 aliphatic heterocycles. The summed E-state index contributed by atoms with van der Waals surface area (Å²) >= 11 is 18.5. The molecule has 0 radical (unpaired) electrons. The summed E-state index contributed by atoms with van der Waals surface area (Å²) in [6, 6.07) is 29.4. The van der Waals surface area contributed by atoms with Crippen molar-refractivity contribution in [2.75, 3.05) is 0 Å². The lowest BCUT2D eigenvalue weighted by molar-refractivity contribution is 0.100. The lowest BCUT2D eigenvalue weighted by Gasteiger charge is -2.24. The van der Waals surface area contributed by atoms with Crippen molar-refractivity contribution in [3.8, 4) is 17.2 Å². The molecule has 9 heteroatoms. The normalized spacial score (nSPS) is 10.9. The van der Waals surface area contributed by atoms with Crippen molar-refractivity contribution >= 4 is 48.4 Å². The maximum Gasteiger partial charge on any atom is 0.531 e. The molecule has 0 saturated heterocycles. The van der Waals surface area contributed by atoms with Crippen LogP contribution in [0.1, 0.15) is 10.4 Å². The standard InChI is InChI=1S/C25H17Cl3NO4P/c26-22-17-16-21(23(27)24(22)28)25(30)29-34(31-18-10-4-1-5-11-18,32-19-12-6-2-7-13-19)33-20-14-8-3-9-15-20/h1-17H. The maximum absolute atomic E-state index is 13.4. The Hall–Kier alpha value is -2.95. The van der Waals surface area contributed by atoms with Crippen molar-refractivity contribution in [3.63, 3.8) is 0 Å². The zero-order valence-electron chi connectivity index (χ0n) is 17.5. The van der Waals surface area contributed by atoms with Crippen LogP contribution in [0.5, 0.6) is 17.2 Å². The van der Waals surface area contributed by atoms with Gasteiger partial charge in [-0.25, -0.2) is 0 Å². The molecular weight excluding hydrogens is 516 g/mol. The second kappa shape index (κ2) is 11.0. The molecule has 0 spiro atoms. The minimum Gasteiger partial charge on any atom is -0.401 e. The molecule has 0 N–H and O–H groups in total. The molecule has 0 atom stereocenters. The van der Waals surface area contributed by atoms with E-state index in [1.807, 2.05) is 18.2 Å². The van der Waals surface area contributed by atoms with Crippen LogP contribution in [-0.4, -0.2) is 5.91 Å². The summed E-state index contributed by atoms with van der Waals surface area (Å²) in [4.78, 5) is 13.4. The van der Waals surface area contributed by atoms with Crippen LogP contribution in [0.4, 0.5) is 0 Å². The van der Waals surface area contributed by atoms with Crippen LogP contribution in [0.25, 0.3) is 0 Å². The molecule has 4 rings (SSSR count). The van der Waals surface area contributed by atoms with E-state index in [0.29, 0.717) is 17.2 Å². The van der Waals surface area contributed by atoms with Crippen LogP contribution in [-0.2, 0) is 0 Å². The Balaban J connectivity index is 1.88. The maximum atomic E-state index is 13.4. The first-order valence-electron chi connectivity index (χ1n) is 10.00. The van der Waals surface area contributed by atoms with E-state index in [1.54, 1.807) is 72.8 Å². The van der Waals surface area contributed by atoms with Gasteiger partial charge in [-0.05, 0) is 48.5 Å². The molecule has 0 aromatic heterocycles. The minimum absolute atomic E-state index is 0.0276. The number of hydrogen-bond donors (Lipinski definition) is 0. The third-order valence-corrected chi connectivity index (χ3v) is 7.42. The van der Waals surface area contributed by atoms with Crippen molar-refractivity contribution < 1.29 is 18.4 Å². The average Bonchev–Trinajstić information content (AvgIpc) is 2.84. The van der Waals surface area contributed by atoms with Crippen molar-refractivity contribution in [2.24, 2.45) is 4.74 Å². The number of hydrogen-bond acceptors (Lipinski definition) is 4. The predicted molar refractivity (Wildman–Crippen MR) is 136 cm³/mol. The van der Waals surface area contributed by atoms with E-state index >= 15 is 0 Å². The number of rotatable bonds is 7. The van der Waals surface area contributed by atoms with Crippen LogP contribution in [0.3, 0.4) is 0 Å². The number of nitrogens with zero attached hydrogens (tertiary/aromatic N) is 1. The molecule has 0 heterocycles. The Labute approximate surface area is 212 Å². The van der Waals surface area contributed by atoms with Crippen LogP contribution in [0, 0.1) is 0 Å². The molecule has 1 amide bonds. The van der Waals surface area contributed by atoms with Gasteiger partial charge in [-0.15, -0.1) is 4.74 Å². The van der Waals surface area contributed by atoms with Crippen molar-refractivity contribution in [2.45, 2.75) is 0 Å². The van der Waals surface area contributed by atoms with Gasteiger partial charge in [0.1, 0.15) is 17.2 Å². The van der Waals surface area contributed by atoms with Gasteiger partial charge in [0.05, 0.1) is 20.6 Å². The van der Waals surface area contributed by atoms with Gasteiger partial charge in [-0.1, -0.05) is 89.4 Å². The molecule has 0 aliphatic rings. The zero-order valence-corrected chi connectivity index (χ0v) is 20.6. The Kier molecular flexibility index (Phi) is 7.81. The number of halogens is 3.